The van der Waals surface area contributed by atoms with E-state index in [1.54, 1.807) is 0 Å². The molecule has 2 fully saturated rings. The van der Waals surface area contributed by atoms with Crippen LogP contribution in [0.5, 0.6) is 0 Å². The summed E-state index contributed by atoms with van der Waals surface area (Å²) >= 11 is 0. The molecule has 2 aliphatic heterocycles. The number of ether oxygens (including phenoxy) is 1. The second-order valence-corrected chi connectivity index (χ2v) is 7.51. The first-order valence-corrected chi connectivity index (χ1v) is 8.16. The van der Waals surface area contributed by atoms with E-state index in [1.165, 1.54) is 0 Å². The van der Waals surface area contributed by atoms with Crippen molar-refractivity contribution in [2.24, 2.45) is 5.92 Å². The predicted molar refractivity (Wildman–Crippen MR) is 82.2 cm³/mol. The SMILES string of the molecule is CC(O)C1CCN(C2CCCN(C(=O)OC(C)(C)C)C2)C1. The molecule has 0 aromatic rings. The van der Waals surface area contributed by atoms with Gasteiger partial charge in [-0.15, -0.1) is 0 Å². The van der Waals surface area contributed by atoms with Crippen LogP contribution in [0, 0.1) is 5.92 Å². The van der Waals surface area contributed by atoms with Gasteiger partial charge in [-0.05, 0) is 59.4 Å². The zero-order valence-electron chi connectivity index (χ0n) is 13.8. The lowest BCUT2D eigenvalue weighted by atomic mass is 10.0. The van der Waals surface area contributed by atoms with Gasteiger partial charge in [0.1, 0.15) is 5.60 Å². The van der Waals surface area contributed by atoms with Crippen LogP contribution >= 0.6 is 0 Å². The van der Waals surface area contributed by atoms with Crippen molar-refractivity contribution in [1.82, 2.24) is 9.80 Å². The quantitative estimate of drug-likeness (QED) is 0.848. The smallest absolute Gasteiger partial charge is 0.410 e. The van der Waals surface area contributed by atoms with Crippen molar-refractivity contribution in [3.8, 4) is 0 Å². The molecule has 122 valence electrons. The highest BCUT2D eigenvalue weighted by Gasteiger charge is 2.34. The number of aliphatic hydroxyl groups is 1. The molecule has 2 rings (SSSR count). The number of hydrogen-bond donors (Lipinski definition) is 1. The largest absolute Gasteiger partial charge is 0.444 e. The second kappa shape index (κ2) is 6.53. The van der Waals surface area contributed by atoms with Gasteiger partial charge in [0, 0.05) is 25.7 Å². The number of piperidine rings is 1. The zero-order valence-corrected chi connectivity index (χ0v) is 13.8. The maximum Gasteiger partial charge on any atom is 0.410 e. The lowest BCUT2D eigenvalue weighted by Gasteiger charge is -2.38. The number of nitrogens with zero attached hydrogens (tertiary/aromatic N) is 2. The Kier molecular flexibility index (Phi) is 5.15. The van der Waals surface area contributed by atoms with E-state index in [0.29, 0.717) is 12.0 Å². The molecule has 0 radical (unpaired) electrons. The summed E-state index contributed by atoms with van der Waals surface area (Å²) in [6.07, 6.45) is 2.78. The highest BCUT2D eigenvalue weighted by atomic mass is 16.6. The number of hydrogen-bond acceptors (Lipinski definition) is 4. The fraction of sp³-hybridized carbons (Fsp3) is 0.938. The van der Waals surface area contributed by atoms with Crippen LogP contribution < -0.4 is 0 Å². The molecule has 0 aliphatic carbocycles. The van der Waals surface area contributed by atoms with Gasteiger partial charge >= 0.3 is 6.09 Å². The molecular formula is C16H30N2O3. The lowest BCUT2D eigenvalue weighted by molar-refractivity contribution is 0.0115. The molecule has 0 spiro atoms. The average molecular weight is 298 g/mol. The third-order valence-corrected chi connectivity index (χ3v) is 4.50. The van der Waals surface area contributed by atoms with Gasteiger partial charge in [-0.1, -0.05) is 0 Å². The Bertz CT molecular complexity index is 365. The standard InChI is InChI=1S/C16H30N2O3/c1-12(19)13-7-9-17(10-13)14-6-5-8-18(11-14)15(20)21-16(2,3)4/h12-14,19H,5-11H2,1-4H3. The van der Waals surface area contributed by atoms with E-state index in [4.69, 9.17) is 4.74 Å². The maximum absolute atomic E-state index is 12.2. The van der Waals surface area contributed by atoms with Gasteiger partial charge in [0.05, 0.1) is 6.10 Å². The molecule has 0 saturated carbocycles. The average Bonchev–Trinajstić information content (AvgIpc) is 2.86. The molecule has 2 saturated heterocycles. The topological polar surface area (TPSA) is 53.0 Å². The van der Waals surface area contributed by atoms with Crippen molar-refractivity contribution in [3.05, 3.63) is 0 Å². The van der Waals surface area contributed by atoms with E-state index in [0.717, 1.165) is 45.4 Å². The summed E-state index contributed by atoms with van der Waals surface area (Å²) < 4.78 is 5.48. The fourth-order valence-corrected chi connectivity index (χ4v) is 3.29. The minimum atomic E-state index is -0.435. The first-order chi connectivity index (χ1) is 9.76. The Hall–Kier alpha value is -0.810. The summed E-state index contributed by atoms with van der Waals surface area (Å²) in [7, 11) is 0. The maximum atomic E-state index is 12.2. The molecule has 0 aromatic carbocycles. The van der Waals surface area contributed by atoms with Crippen molar-refractivity contribution >= 4 is 6.09 Å². The van der Waals surface area contributed by atoms with E-state index in [2.05, 4.69) is 4.90 Å². The van der Waals surface area contributed by atoms with E-state index < -0.39 is 5.60 Å². The Morgan fingerprint density at radius 3 is 2.52 bits per heavy atom. The number of amides is 1. The summed E-state index contributed by atoms with van der Waals surface area (Å²) in [5, 5.41) is 9.72. The van der Waals surface area contributed by atoms with Gasteiger partial charge in [0.15, 0.2) is 0 Å². The monoisotopic (exact) mass is 298 g/mol. The van der Waals surface area contributed by atoms with Crippen LogP contribution in [0.25, 0.3) is 0 Å². The Morgan fingerprint density at radius 1 is 1.24 bits per heavy atom. The minimum Gasteiger partial charge on any atom is -0.444 e. The molecule has 2 heterocycles. The Morgan fingerprint density at radius 2 is 1.95 bits per heavy atom. The van der Waals surface area contributed by atoms with Crippen molar-refractivity contribution in [2.45, 2.75) is 64.7 Å². The van der Waals surface area contributed by atoms with E-state index in [1.807, 2.05) is 32.6 Å². The number of likely N-dealkylation sites (tertiary alicyclic amines) is 2. The molecule has 5 nitrogen and oxygen atoms in total. The van der Waals surface area contributed by atoms with Gasteiger partial charge < -0.3 is 14.7 Å². The van der Waals surface area contributed by atoms with E-state index in [-0.39, 0.29) is 12.2 Å². The molecule has 0 aromatic heterocycles. The molecule has 0 bridgehead atoms. The highest BCUT2D eigenvalue weighted by Crippen LogP contribution is 2.26. The van der Waals surface area contributed by atoms with Gasteiger partial charge in [-0.25, -0.2) is 4.79 Å². The zero-order chi connectivity index (χ0) is 15.6. The summed E-state index contributed by atoms with van der Waals surface area (Å²) in [6, 6.07) is 0.412. The minimum absolute atomic E-state index is 0.196. The molecule has 21 heavy (non-hydrogen) atoms. The summed E-state index contributed by atoms with van der Waals surface area (Å²) in [5.74, 6) is 0.377. The Labute approximate surface area is 128 Å². The van der Waals surface area contributed by atoms with Crippen LogP contribution in [0.15, 0.2) is 0 Å². The fourth-order valence-electron chi connectivity index (χ4n) is 3.29. The van der Waals surface area contributed by atoms with Crippen LogP contribution in [-0.2, 0) is 4.74 Å². The first-order valence-electron chi connectivity index (χ1n) is 8.16. The van der Waals surface area contributed by atoms with Crippen LogP contribution in [0.3, 0.4) is 0 Å². The van der Waals surface area contributed by atoms with Gasteiger partial charge in [0.2, 0.25) is 0 Å². The first kappa shape index (κ1) is 16.6. The molecule has 3 atom stereocenters. The molecule has 5 heteroatoms. The van der Waals surface area contributed by atoms with Gasteiger partial charge in [0.25, 0.3) is 0 Å². The molecule has 3 unspecified atom stereocenters. The number of rotatable bonds is 2. The van der Waals surface area contributed by atoms with E-state index >= 15 is 0 Å². The van der Waals surface area contributed by atoms with Crippen molar-refractivity contribution in [1.29, 1.82) is 0 Å². The second-order valence-electron chi connectivity index (χ2n) is 7.51. The summed E-state index contributed by atoms with van der Waals surface area (Å²) in [6.45, 7) is 11.1. The third kappa shape index (κ3) is 4.58. The van der Waals surface area contributed by atoms with Crippen molar-refractivity contribution in [3.63, 3.8) is 0 Å². The normalized spacial score (nSPS) is 29.5. The molecule has 2 aliphatic rings. The summed E-state index contributed by atoms with van der Waals surface area (Å²) in [5.41, 5.74) is -0.435. The number of aliphatic hydroxyl groups excluding tert-OH is 1. The van der Waals surface area contributed by atoms with Crippen LogP contribution in [-0.4, -0.2) is 64.9 Å². The van der Waals surface area contributed by atoms with Gasteiger partial charge in [-0.3, -0.25) is 4.90 Å². The van der Waals surface area contributed by atoms with Crippen molar-refractivity contribution < 1.29 is 14.6 Å². The molecular weight excluding hydrogens is 268 g/mol. The summed E-state index contributed by atoms with van der Waals surface area (Å²) in [4.78, 5) is 16.5. The van der Waals surface area contributed by atoms with Crippen LogP contribution in [0.1, 0.15) is 47.0 Å². The predicted octanol–water partition coefficient (Wildman–Crippen LogP) is 2.09. The number of carbonyl (C=O) groups is 1. The molecule has 1 amide bonds. The van der Waals surface area contributed by atoms with Gasteiger partial charge in [-0.2, -0.15) is 0 Å². The third-order valence-electron chi connectivity index (χ3n) is 4.50. The van der Waals surface area contributed by atoms with Crippen molar-refractivity contribution in [2.75, 3.05) is 26.2 Å². The number of carbonyl (C=O) groups excluding carboxylic acids is 1. The highest BCUT2D eigenvalue weighted by molar-refractivity contribution is 5.68. The van der Waals surface area contributed by atoms with Crippen LogP contribution in [0.2, 0.25) is 0 Å². The van der Waals surface area contributed by atoms with E-state index in [9.17, 15) is 9.90 Å². The lowest BCUT2D eigenvalue weighted by Crippen LogP contribution is -2.50. The van der Waals surface area contributed by atoms with Crippen LogP contribution in [0.4, 0.5) is 4.79 Å². The molecule has 1 N–H and O–H groups in total. The Balaban J connectivity index is 1.88.